The minimum absolute atomic E-state index is 0.00809. The molecule has 0 aliphatic carbocycles. The number of piperazine rings is 1. The monoisotopic (exact) mass is 467 g/mol. The molecule has 1 aliphatic heterocycles. The van der Waals surface area contributed by atoms with Crippen LogP contribution in [0.1, 0.15) is 5.56 Å². The molecule has 3 aromatic rings. The fourth-order valence-electron chi connectivity index (χ4n) is 3.89. The van der Waals surface area contributed by atoms with Gasteiger partial charge in [-0.1, -0.05) is 60.7 Å². The predicted octanol–water partition coefficient (Wildman–Crippen LogP) is 3.37. The maximum Gasteiger partial charge on any atom is 0.264 e. The Labute approximate surface area is 193 Å². The fourth-order valence-corrected chi connectivity index (χ4v) is 5.34. The Morgan fingerprint density at radius 3 is 2.03 bits per heavy atom. The maximum atomic E-state index is 14.6. The molecule has 1 fully saturated rings. The molecule has 1 amide bonds. The van der Waals surface area contributed by atoms with Crippen molar-refractivity contribution in [1.29, 1.82) is 0 Å². The lowest BCUT2D eigenvalue weighted by molar-refractivity contribution is -0.131. The topological polar surface area (TPSA) is 60.9 Å². The van der Waals surface area contributed by atoms with Crippen LogP contribution in [0, 0.1) is 5.82 Å². The van der Waals surface area contributed by atoms with Crippen molar-refractivity contribution in [3.8, 4) is 0 Å². The molecule has 1 heterocycles. The highest BCUT2D eigenvalue weighted by Gasteiger charge is 2.31. The molecular weight excluding hydrogens is 441 g/mol. The third-order valence-corrected chi connectivity index (χ3v) is 7.48. The van der Waals surface area contributed by atoms with Gasteiger partial charge in [-0.25, -0.2) is 12.8 Å². The van der Waals surface area contributed by atoms with Crippen molar-refractivity contribution in [2.45, 2.75) is 11.4 Å². The number of amides is 1. The van der Waals surface area contributed by atoms with Crippen LogP contribution < -0.4 is 4.31 Å². The Hall–Kier alpha value is -3.23. The summed E-state index contributed by atoms with van der Waals surface area (Å²) in [6, 6.07) is 23.5. The average molecular weight is 468 g/mol. The molecule has 0 radical (unpaired) electrons. The van der Waals surface area contributed by atoms with E-state index in [-0.39, 0.29) is 16.5 Å². The number of carbonyl (C=O) groups excluding carboxylic acids is 1. The van der Waals surface area contributed by atoms with Crippen LogP contribution in [0.25, 0.3) is 0 Å². The van der Waals surface area contributed by atoms with Crippen LogP contribution >= 0.6 is 0 Å². The zero-order valence-corrected chi connectivity index (χ0v) is 19.0. The van der Waals surface area contributed by atoms with Crippen molar-refractivity contribution in [2.75, 3.05) is 37.0 Å². The summed E-state index contributed by atoms with van der Waals surface area (Å²) in [5.41, 5.74) is 1.06. The summed E-state index contributed by atoms with van der Waals surface area (Å²) in [4.78, 5) is 17.0. The second-order valence-corrected chi connectivity index (χ2v) is 9.78. The Kier molecular flexibility index (Phi) is 7.05. The van der Waals surface area contributed by atoms with Gasteiger partial charge in [0, 0.05) is 32.7 Å². The zero-order valence-electron chi connectivity index (χ0n) is 18.2. The van der Waals surface area contributed by atoms with Gasteiger partial charge in [0.15, 0.2) is 0 Å². The SMILES string of the molecule is O=C(CN(c1ccccc1F)S(=O)(=O)c1ccccc1)N1CCN(Cc2ccccc2)CC1. The van der Waals surface area contributed by atoms with Crippen molar-refractivity contribution in [1.82, 2.24) is 9.80 Å². The molecule has 3 aromatic carbocycles. The van der Waals surface area contributed by atoms with Gasteiger partial charge in [0.05, 0.1) is 10.6 Å². The molecule has 0 bridgehead atoms. The fraction of sp³-hybridized carbons (Fsp3) is 0.240. The van der Waals surface area contributed by atoms with Crippen LogP contribution in [-0.4, -0.2) is 56.8 Å². The quantitative estimate of drug-likeness (QED) is 0.535. The second-order valence-electron chi connectivity index (χ2n) is 7.92. The van der Waals surface area contributed by atoms with Crippen LogP contribution in [0.2, 0.25) is 0 Å². The third-order valence-electron chi connectivity index (χ3n) is 5.71. The molecule has 172 valence electrons. The lowest BCUT2D eigenvalue weighted by Gasteiger charge is -2.36. The van der Waals surface area contributed by atoms with Gasteiger partial charge in [0.25, 0.3) is 10.0 Å². The van der Waals surface area contributed by atoms with Crippen molar-refractivity contribution in [2.24, 2.45) is 0 Å². The standard InChI is InChI=1S/C25H26FN3O3S/c26-23-13-7-8-14-24(23)29(33(31,32)22-11-5-2-6-12-22)20-25(30)28-17-15-27(16-18-28)19-21-9-3-1-4-10-21/h1-14H,15-20H2. The lowest BCUT2D eigenvalue weighted by atomic mass is 10.2. The van der Waals surface area contributed by atoms with E-state index in [0.29, 0.717) is 26.2 Å². The molecular formula is C25H26FN3O3S. The number of anilines is 1. The van der Waals surface area contributed by atoms with Gasteiger partial charge >= 0.3 is 0 Å². The first kappa shape index (κ1) is 22.9. The summed E-state index contributed by atoms with van der Waals surface area (Å²) in [6.07, 6.45) is 0. The van der Waals surface area contributed by atoms with E-state index in [9.17, 15) is 17.6 Å². The van der Waals surface area contributed by atoms with Gasteiger partial charge < -0.3 is 4.90 Å². The molecule has 6 nitrogen and oxygen atoms in total. The number of hydrogen-bond donors (Lipinski definition) is 0. The van der Waals surface area contributed by atoms with Crippen molar-refractivity contribution in [3.63, 3.8) is 0 Å². The second kappa shape index (κ2) is 10.1. The first-order valence-electron chi connectivity index (χ1n) is 10.8. The van der Waals surface area contributed by atoms with Gasteiger partial charge in [-0.3, -0.25) is 14.0 Å². The summed E-state index contributed by atoms with van der Waals surface area (Å²) in [5.74, 6) is -1.05. The number of benzene rings is 3. The number of para-hydroxylation sites is 1. The number of hydrogen-bond acceptors (Lipinski definition) is 4. The smallest absolute Gasteiger partial charge is 0.264 e. The van der Waals surface area contributed by atoms with E-state index in [1.165, 1.54) is 35.9 Å². The summed E-state index contributed by atoms with van der Waals surface area (Å²) >= 11 is 0. The molecule has 0 saturated carbocycles. The van der Waals surface area contributed by atoms with Gasteiger partial charge in [-0.2, -0.15) is 0 Å². The van der Waals surface area contributed by atoms with E-state index in [1.807, 2.05) is 18.2 Å². The Balaban J connectivity index is 1.49. The normalized spacial score (nSPS) is 14.8. The van der Waals surface area contributed by atoms with Gasteiger partial charge in [-0.05, 0) is 29.8 Å². The molecule has 0 spiro atoms. The van der Waals surface area contributed by atoms with Gasteiger partial charge in [0.2, 0.25) is 5.91 Å². The molecule has 33 heavy (non-hydrogen) atoms. The van der Waals surface area contributed by atoms with Gasteiger partial charge in [-0.15, -0.1) is 0 Å². The minimum Gasteiger partial charge on any atom is -0.339 e. The van der Waals surface area contributed by atoms with Crippen LogP contribution in [-0.2, 0) is 21.4 Å². The summed E-state index contributed by atoms with van der Waals surface area (Å²) in [6.45, 7) is 2.69. The zero-order chi connectivity index (χ0) is 23.3. The molecule has 0 aromatic heterocycles. The average Bonchev–Trinajstić information content (AvgIpc) is 2.84. The third kappa shape index (κ3) is 5.40. The van der Waals surface area contributed by atoms with Crippen LogP contribution in [0.3, 0.4) is 0 Å². The molecule has 1 aliphatic rings. The molecule has 8 heteroatoms. The van der Waals surface area contributed by atoms with E-state index in [1.54, 1.807) is 29.2 Å². The molecule has 4 rings (SSSR count). The number of carbonyl (C=O) groups is 1. The summed E-state index contributed by atoms with van der Waals surface area (Å²) < 4.78 is 42.1. The number of sulfonamides is 1. The highest BCUT2D eigenvalue weighted by Crippen LogP contribution is 2.26. The van der Waals surface area contributed by atoms with Crippen molar-refractivity contribution >= 4 is 21.6 Å². The largest absolute Gasteiger partial charge is 0.339 e. The number of halogens is 1. The first-order valence-corrected chi connectivity index (χ1v) is 12.3. The van der Waals surface area contributed by atoms with E-state index in [0.717, 1.165) is 10.8 Å². The number of rotatable bonds is 7. The maximum absolute atomic E-state index is 14.6. The summed E-state index contributed by atoms with van der Waals surface area (Å²) in [5, 5.41) is 0. The Bertz CT molecular complexity index is 1180. The van der Waals surface area contributed by atoms with E-state index < -0.39 is 22.4 Å². The van der Waals surface area contributed by atoms with E-state index >= 15 is 0 Å². The Morgan fingerprint density at radius 1 is 0.818 bits per heavy atom. The lowest BCUT2D eigenvalue weighted by Crippen LogP contribution is -2.51. The van der Waals surface area contributed by atoms with Gasteiger partial charge in [0.1, 0.15) is 12.4 Å². The van der Waals surface area contributed by atoms with Crippen LogP contribution in [0.4, 0.5) is 10.1 Å². The summed E-state index contributed by atoms with van der Waals surface area (Å²) in [7, 11) is -4.13. The highest BCUT2D eigenvalue weighted by atomic mass is 32.2. The molecule has 0 N–H and O–H groups in total. The number of nitrogens with zero attached hydrogens (tertiary/aromatic N) is 3. The van der Waals surface area contributed by atoms with Crippen molar-refractivity contribution in [3.05, 3.63) is 96.3 Å². The highest BCUT2D eigenvalue weighted by molar-refractivity contribution is 7.92. The first-order chi connectivity index (χ1) is 15.9. The minimum atomic E-state index is -4.13. The molecule has 0 atom stereocenters. The molecule has 0 unspecified atom stereocenters. The van der Waals surface area contributed by atoms with Crippen molar-refractivity contribution < 1.29 is 17.6 Å². The van der Waals surface area contributed by atoms with Crippen LogP contribution in [0.5, 0.6) is 0 Å². The molecule has 1 saturated heterocycles. The Morgan fingerprint density at radius 2 is 1.39 bits per heavy atom. The van der Waals surface area contributed by atoms with E-state index in [4.69, 9.17) is 0 Å². The predicted molar refractivity (Wildman–Crippen MR) is 126 cm³/mol. The van der Waals surface area contributed by atoms with Crippen LogP contribution in [0.15, 0.2) is 89.8 Å². The van der Waals surface area contributed by atoms with E-state index in [2.05, 4.69) is 17.0 Å².